The first-order valence-corrected chi connectivity index (χ1v) is 7.84. The Labute approximate surface area is 141 Å². The van der Waals surface area contributed by atoms with Gasteiger partial charge in [0.05, 0.1) is 30.7 Å². The summed E-state index contributed by atoms with van der Waals surface area (Å²) in [6, 6.07) is 11.0. The Morgan fingerprint density at radius 1 is 1.25 bits per heavy atom. The summed E-state index contributed by atoms with van der Waals surface area (Å²) in [5, 5.41) is 2.86. The van der Waals surface area contributed by atoms with Crippen molar-refractivity contribution in [3.05, 3.63) is 48.4 Å². The van der Waals surface area contributed by atoms with Gasteiger partial charge >= 0.3 is 0 Å². The minimum Gasteiger partial charge on any atom is -0.468 e. The number of carbonyl (C=O) groups excluding carboxylic acids is 2. The Hall–Kier alpha value is -2.60. The van der Waals surface area contributed by atoms with E-state index in [-0.39, 0.29) is 18.4 Å². The molecule has 0 bridgehead atoms. The average Bonchev–Trinajstić information content (AvgIpc) is 3.00. The molecule has 6 heteroatoms. The number of anilines is 2. The van der Waals surface area contributed by atoms with Crippen molar-refractivity contribution in [3.63, 3.8) is 0 Å². The van der Waals surface area contributed by atoms with E-state index in [0.717, 1.165) is 11.4 Å². The number of para-hydroxylation sites is 2. The van der Waals surface area contributed by atoms with Crippen molar-refractivity contribution >= 4 is 23.2 Å². The fourth-order valence-corrected chi connectivity index (χ4v) is 2.92. The lowest BCUT2D eigenvalue weighted by molar-refractivity contribution is -0.127. The van der Waals surface area contributed by atoms with Crippen LogP contribution in [0, 0.1) is 0 Å². The van der Waals surface area contributed by atoms with Gasteiger partial charge in [-0.1, -0.05) is 12.1 Å². The minimum atomic E-state index is -0.947. The third kappa shape index (κ3) is 2.92. The Bertz CT molecular complexity index is 753. The molecule has 126 valence electrons. The molecule has 2 aromatic rings. The first kappa shape index (κ1) is 16.3. The fraction of sp³-hybridized carbons (Fsp3) is 0.333. The molecule has 6 nitrogen and oxygen atoms in total. The van der Waals surface area contributed by atoms with E-state index in [9.17, 15) is 9.59 Å². The number of furan rings is 1. The SMILES string of the molecule is CN(CC(=O)N1c2ccccc2NC(=O)C1(C)C)Cc1ccco1. The number of carbonyl (C=O) groups is 2. The summed E-state index contributed by atoms with van der Waals surface area (Å²) in [7, 11) is 1.85. The molecule has 2 amide bonds. The predicted octanol–water partition coefficient (Wildman–Crippen LogP) is 2.48. The second kappa shape index (κ2) is 6.13. The van der Waals surface area contributed by atoms with E-state index < -0.39 is 5.54 Å². The van der Waals surface area contributed by atoms with E-state index in [1.807, 2.05) is 42.3 Å². The fourth-order valence-electron chi connectivity index (χ4n) is 2.92. The van der Waals surface area contributed by atoms with Crippen molar-refractivity contribution in [2.45, 2.75) is 25.9 Å². The van der Waals surface area contributed by atoms with E-state index in [1.165, 1.54) is 0 Å². The summed E-state index contributed by atoms with van der Waals surface area (Å²) in [4.78, 5) is 28.8. The average molecular weight is 327 g/mol. The quantitative estimate of drug-likeness (QED) is 0.937. The lowest BCUT2D eigenvalue weighted by atomic mass is 9.96. The number of hydrogen-bond donors (Lipinski definition) is 1. The van der Waals surface area contributed by atoms with E-state index in [0.29, 0.717) is 12.2 Å². The zero-order valence-corrected chi connectivity index (χ0v) is 14.1. The summed E-state index contributed by atoms with van der Waals surface area (Å²) in [6.45, 7) is 4.22. The van der Waals surface area contributed by atoms with Crippen LogP contribution in [0.3, 0.4) is 0 Å². The van der Waals surface area contributed by atoms with Crippen LogP contribution in [0.25, 0.3) is 0 Å². The highest BCUT2D eigenvalue weighted by Crippen LogP contribution is 2.36. The topological polar surface area (TPSA) is 65.8 Å². The van der Waals surface area contributed by atoms with Crippen molar-refractivity contribution in [2.75, 3.05) is 23.8 Å². The van der Waals surface area contributed by atoms with Crippen molar-refractivity contribution in [2.24, 2.45) is 0 Å². The number of nitrogens with one attached hydrogen (secondary N) is 1. The number of nitrogens with zero attached hydrogens (tertiary/aromatic N) is 2. The molecule has 0 saturated heterocycles. The van der Waals surface area contributed by atoms with Gasteiger partial charge < -0.3 is 9.73 Å². The summed E-state index contributed by atoms with van der Waals surface area (Å²) in [5.41, 5.74) is 0.430. The third-order valence-corrected chi connectivity index (χ3v) is 4.17. The lowest BCUT2D eigenvalue weighted by Crippen LogP contribution is -2.60. The first-order chi connectivity index (χ1) is 11.4. The van der Waals surface area contributed by atoms with E-state index >= 15 is 0 Å². The molecule has 3 rings (SSSR count). The molecule has 0 radical (unpaired) electrons. The molecule has 0 spiro atoms. The molecule has 1 N–H and O–H groups in total. The number of amides is 2. The zero-order valence-electron chi connectivity index (χ0n) is 14.1. The maximum atomic E-state index is 12.9. The largest absolute Gasteiger partial charge is 0.468 e. The van der Waals surface area contributed by atoms with Crippen LogP contribution in [0.1, 0.15) is 19.6 Å². The number of fused-ring (bicyclic) bond motifs is 1. The van der Waals surface area contributed by atoms with Gasteiger partial charge in [0.25, 0.3) is 0 Å². The highest BCUT2D eigenvalue weighted by atomic mass is 16.3. The van der Waals surface area contributed by atoms with Gasteiger partial charge in [-0.15, -0.1) is 0 Å². The van der Waals surface area contributed by atoms with Gasteiger partial charge in [-0.3, -0.25) is 19.4 Å². The van der Waals surface area contributed by atoms with Crippen molar-refractivity contribution in [1.29, 1.82) is 0 Å². The van der Waals surface area contributed by atoms with Crippen LogP contribution in [-0.4, -0.2) is 35.8 Å². The number of benzene rings is 1. The summed E-state index contributed by atoms with van der Waals surface area (Å²) in [6.07, 6.45) is 1.61. The molecule has 1 aromatic carbocycles. The highest BCUT2D eigenvalue weighted by Gasteiger charge is 2.43. The third-order valence-electron chi connectivity index (χ3n) is 4.17. The van der Waals surface area contributed by atoms with Gasteiger partial charge in [-0.05, 0) is 45.2 Å². The van der Waals surface area contributed by atoms with Gasteiger partial charge in [0.1, 0.15) is 11.3 Å². The number of rotatable bonds is 4. The van der Waals surface area contributed by atoms with Gasteiger partial charge in [0, 0.05) is 0 Å². The van der Waals surface area contributed by atoms with Crippen LogP contribution in [0.5, 0.6) is 0 Å². The number of likely N-dealkylation sites (N-methyl/N-ethyl adjacent to an activating group) is 1. The Balaban J connectivity index is 1.83. The molecule has 1 aliphatic rings. The van der Waals surface area contributed by atoms with Crippen LogP contribution in [0.4, 0.5) is 11.4 Å². The normalized spacial score (nSPS) is 16.0. The molecule has 0 unspecified atom stereocenters. The number of hydrogen-bond acceptors (Lipinski definition) is 4. The van der Waals surface area contributed by atoms with Crippen LogP contribution in [0.2, 0.25) is 0 Å². The second-order valence-electron chi connectivity index (χ2n) is 6.51. The van der Waals surface area contributed by atoms with Crippen molar-refractivity contribution in [3.8, 4) is 0 Å². The lowest BCUT2D eigenvalue weighted by Gasteiger charge is -2.42. The van der Waals surface area contributed by atoms with E-state index in [2.05, 4.69) is 5.32 Å². The minimum absolute atomic E-state index is 0.128. The van der Waals surface area contributed by atoms with E-state index in [1.54, 1.807) is 31.1 Å². The maximum Gasteiger partial charge on any atom is 0.250 e. The molecule has 24 heavy (non-hydrogen) atoms. The second-order valence-corrected chi connectivity index (χ2v) is 6.51. The highest BCUT2D eigenvalue weighted by molar-refractivity contribution is 6.14. The molecule has 0 atom stereocenters. The smallest absolute Gasteiger partial charge is 0.250 e. The van der Waals surface area contributed by atoms with Crippen molar-refractivity contribution < 1.29 is 14.0 Å². The standard InChI is InChI=1S/C18H21N3O3/c1-18(2)17(23)19-14-8-4-5-9-15(14)21(18)16(22)12-20(3)11-13-7-6-10-24-13/h4-10H,11-12H2,1-3H3,(H,19,23). The molecular weight excluding hydrogens is 306 g/mol. The van der Waals surface area contributed by atoms with Crippen LogP contribution in [0.15, 0.2) is 47.1 Å². The monoisotopic (exact) mass is 327 g/mol. The zero-order chi connectivity index (χ0) is 17.3. The molecular formula is C18H21N3O3. The Kier molecular flexibility index (Phi) is 4.15. The first-order valence-electron chi connectivity index (χ1n) is 7.84. The van der Waals surface area contributed by atoms with Gasteiger partial charge in [-0.2, -0.15) is 0 Å². The van der Waals surface area contributed by atoms with Crippen LogP contribution >= 0.6 is 0 Å². The Morgan fingerprint density at radius 2 is 2.00 bits per heavy atom. The molecule has 0 saturated carbocycles. The van der Waals surface area contributed by atoms with E-state index in [4.69, 9.17) is 4.42 Å². The molecule has 0 aliphatic carbocycles. The van der Waals surface area contributed by atoms with Crippen LogP contribution in [-0.2, 0) is 16.1 Å². The summed E-state index contributed by atoms with van der Waals surface area (Å²) in [5.74, 6) is 0.473. The van der Waals surface area contributed by atoms with Gasteiger partial charge in [0.15, 0.2) is 0 Å². The van der Waals surface area contributed by atoms with Crippen LogP contribution < -0.4 is 10.2 Å². The predicted molar refractivity (Wildman–Crippen MR) is 91.7 cm³/mol. The van der Waals surface area contributed by atoms with Gasteiger partial charge in [-0.25, -0.2) is 0 Å². The van der Waals surface area contributed by atoms with Crippen molar-refractivity contribution in [1.82, 2.24) is 4.90 Å². The summed E-state index contributed by atoms with van der Waals surface area (Å²) < 4.78 is 5.31. The summed E-state index contributed by atoms with van der Waals surface area (Å²) >= 11 is 0. The molecule has 1 aliphatic heterocycles. The molecule has 2 heterocycles. The maximum absolute atomic E-state index is 12.9. The molecule has 1 aromatic heterocycles. The Morgan fingerprint density at radius 3 is 2.71 bits per heavy atom. The van der Waals surface area contributed by atoms with Gasteiger partial charge in [0.2, 0.25) is 11.8 Å². The molecule has 0 fully saturated rings.